The fraction of sp³-hybridized carbons (Fsp3) is 0.381. The molecule has 2 aromatic carbocycles. The molecule has 3 rings (SSSR count). The van der Waals surface area contributed by atoms with E-state index < -0.39 is 0 Å². The molecule has 2 aromatic rings. The number of anilines is 1. The summed E-state index contributed by atoms with van der Waals surface area (Å²) in [6.07, 6.45) is 1.21. The number of rotatable bonds is 6. The van der Waals surface area contributed by atoms with Crippen LogP contribution in [0, 0.1) is 0 Å². The van der Waals surface area contributed by atoms with Gasteiger partial charge in [-0.1, -0.05) is 35.9 Å². The van der Waals surface area contributed by atoms with Gasteiger partial charge in [0.2, 0.25) is 5.91 Å². The quantitative estimate of drug-likeness (QED) is 0.845. The number of aryl methyl sites for hydroxylation is 1. The highest BCUT2D eigenvalue weighted by molar-refractivity contribution is 6.30. The van der Waals surface area contributed by atoms with Gasteiger partial charge in [0.1, 0.15) is 0 Å². The third-order valence-corrected chi connectivity index (χ3v) is 5.10. The van der Waals surface area contributed by atoms with Gasteiger partial charge in [0.15, 0.2) is 0 Å². The van der Waals surface area contributed by atoms with Crippen LogP contribution >= 0.6 is 11.6 Å². The predicted molar refractivity (Wildman–Crippen MR) is 108 cm³/mol. The molecule has 1 aliphatic heterocycles. The number of likely N-dealkylation sites (N-methyl/N-ethyl adjacent to an activating group) is 1. The topological polar surface area (TPSA) is 35.6 Å². The van der Waals surface area contributed by atoms with Crippen molar-refractivity contribution in [2.75, 3.05) is 38.1 Å². The van der Waals surface area contributed by atoms with Crippen molar-refractivity contribution in [2.45, 2.75) is 19.4 Å². The Morgan fingerprint density at radius 2 is 1.58 bits per heavy atom. The van der Waals surface area contributed by atoms with E-state index in [4.69, 9.17) is 11.6 Å². The van der Waals surface area contributed by atoms with Crippen LogP contribution in [0.15, 0.2) is 48.5 Å². The van der Waals surface area contributed by atoms with Crippen molar-refractivity contribution < 1.29 is 4.79 Å². The molecule has 1 saturated heterocycles. The highest BCUT2D eigenvalue weighted by Crippen LogP contribution is 2.17. The monoisotopic (exact) mass is 371 g/mol. The molecule has 1 amide bonds. The van der Waals surface area contributed by atoms with Gasteiger partial charge in [0, 0.05) is 49.9 Å². The normalized spacial score (nSPS) is 15.1. The number of benzene rings is 2. The van der Waals surface area contributed by atoms with Crippen molar-refractivity contribution in [3.05, 3.63) is 64.7 Å². The molecule has 1 aliphatic rings. The molecule has 0 unspecified atom stereocenters. The molecule has 4 nitrogen and oxygen atoms in total. The number of nitrogens with zero attached hydrogens (tertiary/aromatic N) is 2. The third kappa shape index (κ3) is 5.48. The van der Waals surface area contributed by atoms with Crippen LogP contribution in [0.2, 0.25) is 5.02 Å². The van der Waals surface area contributed by atoms with Crippen molar-refractivity contribution in [1.29, 1.82) is 0 Å². The minimum atomic E-state index is 0.0723. The second-order valence-corrected chi connectivity index (χ2v) is 7.30. The van der Waals surface area contributed by atoms with E-state index in [0.29, 0.717) is 13.0 Å². The molecule has 0 saturated carbocycles. The molecular weight excluding hydrogens is 346 g/mol. The van der Waals surface area contributed by atoms with Gasteiger partial charge >= 0.3 is 0 Å². The molecule has 1 heterocycles. The lowest BCUT2D eigenvalue weighted by Gasteiger charge is -2.34. The molecule has 0 aliphatic carbocycles. The SMILES string of the molecule is CN1CCN(c2ccc(CNC(=O)CCc3ccc(Cl)cc3)cc2)CC1. The minimum absolute atomic E-state index is 0.0723. The highest BCUT2D eigenvalue weighted by Gasteiger charge is 2.13. The summed E-state index contributed by atoms with van der Waals surface area (Å²) in [6.45, 7) is 4.91. The van der Waals surface area contributed by atoms with Gasteiger partial charge in [-0.2, -0.15) is 0 Å². The molecule has 5 heteroatoms. The molecule has 0 atom stereocenters. The van der Waals surface area contributed by atoms with Crippen LogP contribution in [0.5, 0.6) is 0 Å². The Labute approximate surface area is 160 Å². The largest absolute Gasteiger partial charge is 0.369 e. The van der Waals surface area contributed by atoms with E-state index in [1.807, 2.05) is 24.3 Å². The fourth-order valence-corrected chi connectivity index (χ4v) is 3.21. The molecular formula is C21H26ClN3O. The Morgan fingerprint density at radius 1 is 0.962 bits per heavy atom. The van der Waals surface area contributed by atoms with Gasteiger partial charge in [-0.15, -0.1) is 0 Å². The summed E-state index contributed by atoms with van der Waals surface area (Å²) >= 11 is 5.87. The second kappa shape index (κ2) is 9.06. The van der Waals surface area contributed by atoms with Crippen LogP contribution in [-0.2, 0) is 17.8 Å². The van der Waals surface area contributed by atoms with E-state index in [9.17, 15) is 4.79 Å². The Balaban J connectivity index is 1.42. The van der Waals surface area contributed by atoms with Crippen molar-refractivity contribution >= 4 is 23.2 Å². The van der Waals surface area contributed by atoms with Crippen LogP contribution in [0.3, 0.4) is 0 Å². The number of hydrogen-bond acceptors (Lipinski definition) is 3. The number of nitrogens with one attached hydrogen (secondary N) is 1. The maximum absolute atomic E-state index is 12.1. The van der Waals surface area contributed by atoms with Crippen LogP contribution in [-0.4, -0.2) is 44.0 Å². The summed E-state index contributed by atoms with van der Waals surface area (Å²) in [5.41, 5.74) is 3.51. The average Bonchev–Trinajstić information content (AvgIpc) is 2.67. The third-order valence-electron chi connectivity index (χ3n) is 4.85. The van der Waals surface area contributed by atoms with E-state index >= 15 is 0 Å². The molecule has 26 heavy (non-hydrogen) atoms. The van der Waals surface area contributed by atoms with E-state index in [1.165, 1.54) is 5.69 Å². The Hall–Kier alpha value is -2.04. The van der Waals surface area contributed by atoms with Gasteiger partial charge in [-0.05, 0) is 48.9 Å². The Bertz CT molecular complexity index is 707. The van der Waals surface area contributed by atoms with Crippen molar-refractivity contribution in [3.8, 4) is 0 Å². The number of carbonyl (C=O) groups is 1. The maximum Gasteiger partial charge on any atom is 0.220 e. The smallest absolute Gasteiger partial charge is 0.220 e. The second-order valence-electron chi connectivity index (χ2n) is 6.86. The fourth-order valence-electron chi connectivity index (χ4n) is 3.09. The standard InChI is InChI=1S/C21H26ClN3O/c1-24-12-14-25(15-13-24)20-9-4-18(5-10-20)16-23-21(26)11-6-17-2-7-19(22)8-3-17/h2-5,7-10H,6,11-16H2,1H3,(H,23,26). The first-order valence-electron chi connectivity index (χ1n) is 9.14. The van der Waals surface area contributed by atoms with Crippen LogP contribution < -0.4 is 10.2 Å². The van der Waals surface area contributed by atoms with Crippen molar-refractivity contribution in [1.82, 2.24) is 10.2 Å². The predicted octanol–water partition coefficient (Wildman–Crippen LogP) is 3.34. The van der Waals surface area contributed by atoms with Gasteiger partial charge in [0.25, 0.3) is 0 Å². The average molecular weight is 372 g/mol. The molecule has 0 spiro atoms. The molecule has 0 radical (unpaired) electrons. The summed E-state index contributed by atoms with van der Waals surface area (Å²) in [5.74, 6) is 0.0723. The lowest BCUT2D eigenvalue weighted by atomic mass is 10.1. The zero-order valence-corrected chi connectivity index (χ0v) is 16.0. The first kappa shape index (κ1) is 18.7. The van der Waals surface area contributed by atoms with Gasteiger partial charge in [-0.3, -0.25) is 4.79 Å². The molecule has 0 bridgehead atoms. The summed E-state index contributed by atoms with van der Waals surface area (Å²) in [7, 11) is 2.16. The van der Waals surface area contributed by atoms with Gasteiger partial charge in [-0.25, -0.2) is 0 Å². The van der Waals surface area contributed by atoms with Crippen molar-refractivity contribution in [2.24, 2.45) is 0 Å². The zero-order valence-electron chi connectivity index (χ0n) is 15.2. The highest BCUT2D eigenvalue weighted by atomic mass is 35.5. The number of amides is 1. The molecule has 1 fully saturated rings. The first-order valence-corrected chi connectivity index (χ1v) is 9.51. The Morgan fingerprint density at radius 3 is 2.23 bits per heavy atom. The lowest BCUT2D eigenvalue weighted by molar-refractivity contribution is -0.121. The zero-order chi connectivity index (χ0) is 18.4. The summed E-state index contributed by atoms with van der Waals surface area (Å²) in [4.78, 5) is 16.8. The number of halogens is 1. The van der Waals surface area contributed by atoms with E-state index in [2.05, 4.69) is 46.4 Å². The summed E-state index contributed by atoms with van der Waals surface area (Å²) < 4.78 is 0. The number of piperazine rings is 1. The van der Waals surface area contributed by atoms with E-state index in [1.54, 1.807) is 0 Å². The lowest BCUT2D eigenvalue weighted by Crippen LogP contribution is -2.44. The van der Waals surface area contributed by atoms with Gasteiger partial charge in [0.05, 0.1) is 0 Å². The van der Waals surface area contributed by atoms with E-state index in [-0.39, 0.29) is 5.91 Å². The Kier molecular flexibility index (Phi) is 6.53. The summed E-state index contributed by atoms with van der Waals surface area (Å²) in [6, 6.07) is 16.2. The number of hydrogen-bond donors (Lipinski definition) is 1. The molecule has 0 aromatic heterocycles. The first-order chi connectivity index (χ1) is 12.6. The molecule has 138 valence electrons. The number of carbonyl (C=O) groups excluding carboxylic acids is 1. The van der Waals surface area contributed by atoms with Crippen molar-refractivity contribution in [3.63, 3.8) is 0 Å². The van der Waals surface area contributed by atoms with E-state index in [0.717, 1.165) is 48.7 Å². The molecule has 1 N–H and O–H groups in total. The van der Waals surface area contributed by atoms with Crippen LogP contribution in [0.4, 0.5) is 5.69 Å². The van der Waals surface area contributed by atoms with Crippen LogP contribution in [0.1, 0.15) is 17.5 Å². The minimum Gasteiger partial charge on any atom is -0.369 e. The van der Waals surface area contributed by atoms with Crippen LogP contribution in [0.25, 0.3) is 0 Å². The van der Waals surface area contributed by atoms with Gasteiger partial charge < -0.3 is 15.1 Å². The maximum atomic E-state index is 12.1. The summed E-state index contributed by atoms with van der Waals surface area (Å²) in [5, 5.41) is 3.72.